The maximum Gasteiger partial charge on any atom is 0.242 e. The first-order valence-corrected chi connectivity index (χ1v) is 10.5. The third-order valence-corrected chi connectivity index (χ3v) is 5.02. The Bertz CT molecular complexity index is 795. The summed E-state index contributed by atoms with van der Waals surface area (Å²) in [5, 5.41) is 3.00. The van der Waals surface area contributed by atoms with Crippen molar-refractivity contribution < 1.29 is 9.59 Å². The van der Waals surface area contributed by atoms with Gasteiger partial charge in [0, 0.05) is 13.1 Å². The van der Waals surface area contributed by atoms with Crippen LogP contribution in [-0.2, 0) is 22.6 Å². The smallest absolute Gasteiger partial charge is 0.242 e. The van der Waals surface area contributed by atoms with Gasteiger partial charge in [0.2, 0.25) is 11.8 Å². The summed E-state index contributed by atoms with van der Waals surface area (Å²) in [7, 11) is 0. The van der Waals surface area contributed by atoms with Gasteiger partial charge in [0.25, 0.3) is 0 Å². The molecule has 4 heteroatoms. The summed E-state index contributed by atoms with van der Waals surface area (Å²) in [6.07, 6.45) is 0.871. The molecule has 2 rings (SSSR count). The Hall–Kier alpha value is -2.62. The number of benzene rings is 2. The first-order chi connectivity index (χ1) is 13.8. The summed E-state index contributed by atoms with van der Waals surface area (Å²) in [6, 6.07) is 15.6. The number of rotatable bonds is 9. The zero-order chi connectivity index (χ0) is 21.4. The molecule has 0 heterocycles. The van der Waals surface area contributed by atoms with Crippen LogP contribution in [-0.4, -0.2) is 29.3 Å². The molecular weight excluding hydrogens is 360 g/mol. The van der Waals surface area contributed by atoms with Gasteiger partial charge in [0.15, 0.2) is 0 Å². The Morgan fingerprint density at radius 2 is 1.41 bits per heavy atom. The standard InChI is InChI=1S/C25H34N2O2/c1-6-23(25(29)26-16-18(2)3)27(17-22-13-9-20(5)10-14-22)24(28)15-21-11-7-19(4)8-12-21/h7-14,18,23H,6,15-17H2,1-5H3,(H,26,29)/t23-/m1/s1. The Balaban J connectivity index is 2.24. The number of carbonyl (C=O) groups excluding carboxylic acids is 2. The molecule has 0 spiro atoms. The molecule has 1 N–H and O–H groups in total. The summed E-state index contributed by atoms with van der Waals surface area (Å²) in [5.74, 6) is 0.261. The number of hydrogen-bond acceptors (Lipinski definition) is 2. The molecule has 29 heavy (non-hydrogen) atoms. The van der Waals surface area contributed by atoms with Crippen LogP contribution in [0, 0.1) is 19.8 Å². The third-order valence-electron chi connectivity index (χ3n) is 5.02. The van der Waals surface area contributed by atoms with Crippen LogP contribution in [0.15, 0.2) is 48.5 Å². The van der Waals surface area contributed by atoms with Crippen molar-refractivity contribution in [3.05, 3.63) is 70.8 Å². The Morgan fingerprint density at radius 1 is 0.897 bits per heavy atom. The molecule has 2 aromatic rings. The number of carbonyl (C=O) groups is 2. The fourth-order valence-corrected chi connectivity index (χ4v) is 3.21. The maximum atomic E-state index is 13.3. The highest BCUT2D eigenvalue weighted by Gasteiger charge is 2.28. The van der Waals surface area contributed by atoms with E-state index in [0.29, 0.717) is 31.8 Å². The van der Waals surface area contributed by atoms with Crippen LogP contribution in [0.2, 0.25) is 0 Å². The van der Waals surface area contributed by atoms with E-state index in [-0.39, 0.29) is 11.8 Å². The van der Waals surface area contributed by atoms with E-state index in [4.69, 9.17) is 0 Å². The predicted octanol–water partition coefficient (Wildman–Crippen LogP) is 4.43. The van der Waals surface area contributed by atoms with E-state index < -0.39 is 6.04 Å². The second-order valence-electron chi connectivity index (χ2n) is 8.23. The summed E-state index contributed by atoms with van der Waals surface area (Å²) >= 11 is 0. The van der Waals surface area contributed by atoms with Crippen LogP contribution in [0.5, 0.6) is 0 Å². The quantitative estimate of drug-likeness (QED) is 0.684. The third kappa shape index (κ3) is 7.04. The highest BCUT2D eigenvalue weighted by Crippen LogP contribution is 2.16. The summed E-state index contributed by atoms with van der Waals surface area (Å²) in [4.78, 5) is 27.9. The lowest BCUT2D eigenvalue weighted by atomic mass is 10.0. The fraction of sp³-hybridized carbons (Fsp3) is 0.440. The first-order valence-electron chi connectivity index (χ1n) is 10.5. The Morgan fingerprint density at radius 3 is 1.90 bits per heavy atom. The fourth-order valence-electron chi connectivity index (χ4n) is 3.21. The zero-order valence-corrected chi connectivity index (χ0v) is 18.4. The van der Waals surface area contributed by atoms with Gasteiger partial charge in [-0.1, -0.05) is 80.4 Å². The largest absolute Gasteiger partial charge is 0.354 e. The minimum Gasteiger partial charge on any atom is -0.354 e. The molecule has 1 atom stereocenters. The molecular formula is C25H34N2O2. The first kappa shape index (κ1) is 22.7. The number of nitrogens with one attached hydrogen (secondary N) is 1. The Kier molecular flexibility index (Phi) is 8.44. The van der Waals surface area contributed by atoms with Crippen LogP contribution < -0.4 is 5.32 Å². The van der Waals surface area contributed by atoms with Crippen molar-refractivity contribution in [2.24, 2.45) is 5.92 Å². The molecule has 0 fully saturated rings. The molecule has 0 saturated carbocycles. The summed E-state index contributed by atoms with van der Waals surface area (Å²) in [6.45, 7) is 11.2. The van der Waals surface area contributed by atoms with Crippen molar-refractivity contribution in [3.63, 3.8) is 0 Å². The van der Waals surface area contributed by atoms with Gasteiger partial charge in [-0.05, 0) is 37.3 Å². The number of aryl methyl sites for hydroxylation is 2. The van der Waals surface area contributed by atoms with Gasteiger partial charge >= 0.3 is 0 Å². The van der Waals surface area contributed by atoms with Gasteiger partial charge in [-0.15, -0.1) is 0 Å². The lowest BCUT2D eigenvalue weighted by molar-refractivity contribution is -0.141. The zero-order valence-electron chi connectivity index (χ0n) is 18.4. The second-order valence-corrected chi connectivity index (χ2v) is 8.23. The van der Waals surface area contributed by atoms with E-state index in [1.165, 1.54) is 5.56 Å². The molecule has 4 nitrogen and oxygen atoms in total. The van der Waals surface area contributed by atoms with Crippen molar-refractivity contribution in [3.8, 4) is 0 Å². The molecule has 0 unspecified atom stereocenters. The molecule has 2 aromatic carbocycles. The average molecular weight is 395 g/mol. The van der Waals surface area contributed by atoms with Crippen molar-refractivity contribution >= 4 is 11.8 Å². The van der Waals surface area contributed by atoms with E-state index in [0.717, 1.165) is 16.7 Å². The highest BCUT2D eigenvalue weighted by atomic mass is 16.2. The van der Waals surface area contributed by atoms with Crippen LogP contribution in [0.1, 0.15) is 49.4 Å². The van der Waals surface area contributed by atoms with E-state index in [1.807, 2.05) is 69.3 Å². The maximum absolute atomic E-state index is 13.3. The minimum absolute atomic E-state index is 0.0269. The van der Waals surface area contributed by atoms with E-state index in [9.17, 15) is 9.59 Å². The topological polar surface area (TPSA) is 49.4 Å². The molecule has 0 radical (unpaired) electrons. The van der Waals surface area contributed by atoms with Crippen LogP contribution in [0.3, 0.4) is 0 Å². The summed E-state index contributed by atoms with van der Waals surface area (Å²) in [5.41, 5.74) is 4.33. The van der Waals surface area contributed by atoms with E-state index in [1.54, 1.807) is 4.90 Å². The van der Waals surface area contributed by atoms with Gasteiger partial charge in [0.1, 0.15) is 6.04 Å². The predicted molar refractivity (Wildman–Crippen MR) is 119 cm³/mol. The van der Waals surface area contributed by atoms with E-state index in [2.05, 4.69) is 19.2 Å². The molecule has 156 valence electrons. The SMILES string of the molecule is CC[C@H](C(=O)NCC(C)C)N(Cc1ccc(C)cc1)C(=O)Cc1ccc(C)cc1. The van der Waals surface area contributed by atoms with Crippen molar-refractivity contribution in [1.29, 1.82) is 0 Å². The summed E-state index contributed by atoms with van der Waals surface area (Å²) < 4.78 is 0. The van der Waals surface area contributed by atoms with Crippen LogP contribution in [0.4, 0.5) is 0 Å². The second kappa shape index (κ2) is 10.8. The number of nitrogens with zero attached hydrogens (tertiary/aromatic N) is 1. The van der Waals surface area contributed by atoms with E-state index >= 15 is 0 Å². The minimum atomic E-state index is -0.479. The van der Waals surface area contributed by atoms with Gasteiger partial charge in [0.05, 0.1) is 6.42 Å². The Labute approximate surface area is 175 Å². The molecule has 0 bridgehead atoms. The molecule has 0 aliphatic carbocycles. The van der Waals surface area contributed by atoms with Crippen LogP contribution >= 0.6 is 0 Å². The molecule has 0 aromatic heterocycles. The van der Waals surface area contributed by atoms with Gasteiger partial charge < -0.3 is 10.2 Å². The van der Waals surface area contributed by atoms with Gasteiger partial charge in [-0.2, -0.15) is 0 Å². The normalized spacial score (nSPS) is 11.9. The van der Waals surface area contributed by atoms with Crippen molar-refractivity contribution in [1.82, 2.24) is 10.2 Å². The van der Waals surface area contributed by atoms with Crippen molar-refractivity contribution in [2.75, 3.05) is 6.54 Å². The van der Waals surface area contributed by atoms with Crippen LogP contribution in [0.25, 0.3) is 0 Å². The highest BCUT2D eigenvalue weighted by molar-refractivity contribution is 5.88. The number of hydrogen-bond donors (Lipinski definition) is 1. The van der Waals surface area contributed by atoms with Gasteiger partial charge in [-0.25, -0.2) is 0 Å². The molecule has 0 saturated heterocycles. The molecule has 2 amide bonds. The monoisotopic (exact) mass is 394 g/mol. The average Bonchev–Trinajstić information content (AvgIpc) is 2.69. The lowest BCUT2D eigenvalue weighted by Crippen LogP contribution is -2.50. The molecule has 0 aliphatic rings. The lowest BCUT2D eigenvalue weighted by Gasteiger charge is -2.31. The number of amides is 2. The molecule has 0 aliphatic heterocycles. The van der Waals surface area contributed by atoms with Crippen molar-refractivity contribution in [2.45, 2.75) is 60.0 Å². The van der Waals surface area contributed by atoms with Gasteiger partial charge in [-0.3, -0.25) is 9.59 Å².